The third-order valence-electron chi connectivity index (χ3n) is 10.7. The number of rotatable bonds is 26. The Morgan fingerprint density at radius 2 is 0.864 bits per heavy atom. The van der Waals surface area contributed by atoms with Gasteiger partial charge in [0, 0.05) is 25.4 Å². The van der Waals surface area contributed by atoms with Gasteiger partial charge in [-0.1, -0.05) is 36.4 Å². The first kappa shape index (κ1) is 49.6. The lowest BCUT2D eigenvalue weighted by atomic mass is 9.96. The third-order valence-corrected chi connectivity index (χ3v) is 10.7. The Morgan fingerprint density at radius 3 is 1.38 bits per heavy atom. The van der Waals surface area contributed by atoms with E-state index in [0.29, 0.717) is 80.6 Å². The SMILES string of the molecule is OCC1=CC(CO)CC(OCc2cc(COc3cc(CO)cc(CO)c3)cc(OC/C=C\COC3C=C(COc4cc(CO)cc(CO)c4)C=C(COc4cc(CO)cc(CO)c4)C3)c2)=C1. The zero-order valence-electron chi connectivity index (χ0n) is 36.9. The van der Waals surface area contributed by atoms with E-state index in [2.05, 4.69) is 0 Å². The fourth-order valence-corrected chi connectivity index (χ4v) is 7.58. The van der Waals surface area contributed by atoms with Crippen LogP contribution in [0.4, 0.5) is 0 Å². The molecule has 0 saturated heterocycles. The van der Waals surface area contributed by atoms with Crippen molar-refractivity contribution in [1.29, 1.82) is 0 Å². The number of hydrogen-bond donors (Lipinski definition) is 8. The summed E-state index contributed by atoms with van der Waals surface area (Å²) in [4.78, 5) is 0. The van der Waals surface area contributed by atoms with Crippen molar-refractivity contribution < 1.29 is 69.3 Å². The molecule has 2 unspecified atom stereocenters. The van der Waals surface area contributed by atoms with E-state index < -0.39 is 0 Å². The highest BCUT2D eigenvalue weighted by atomic mass is 16.5. The van der Waals surface area contributed by atoms with Crippen LogP contribution >= 0.6 is 0 Å². The van der Waals surface area contributed by atoms with Gasteiger partial charge in [-0.15, -0.1) is 0 Å². The van der Waals surface area contributed by atoms with Crippen molar-refractivity contribution >= 4 is 0 Å². The van der Waals surface area contributed by atoms with Crippen molar-refractivity contribution in [2.24, 2.45) is 5.92 Å². The summed E-state index contributed by atoms with van der Waals surface area (Å²) in [5, 5.41) is 77.8. The predicted octanol–water partition coefficient (Wildman–Crippen LogP) is 5.29. The van der Waals surface area contributed by atoms with Crippen LogP contribution in [0.15, 0.2) is 132 Å². The number of hydrogen-bond acceptors (Lipinski definition) is 14. The largest absolute Gasteiger partial charge is 0.493 e. The summed E-state index contributed by atoms with van der Waals surface area (Å²) in [5.41, 5.74) is 7.81. The molecule has 0 radical (unpaired) electrons. The zero-order chi connectivity index (χ0) is 46.7. The van der Waals surface area contributed by atoms with E-state index in [1.54, 1.807) is 60.7 Å². The van der Waals surface area contributed by atoms with Gasteiger partial charge < -0.3 is 69.3 Å². The van der Waals surface area contributed by atoms with Crippen LogP contribution in [-0.4, -0.2) is 86.6 Å². The minimum Gasteiger partial charge on any atom is -0.493 e. The Hall–Kier alpha value is -5.78. The molecule has 0 spiro atoms. The molecule has 2 atom stereocenters. The second kappa shape index (κ2) is 25.8. The molecule has 4 aromatic rings. The van der Waals surface area contributed by atoms with E-state index in [0.717, 1.165) is 22.3 Å². The summed E-state index contributed by atoms with van der Waals surface area (Å²) in [7, 11) is 0. The molecule has 14 nitrogen and oxygen atoms in total. The van der Waals surface area contributed by atoms with Gasteiger partial charge in [0.2, 0.25) is 0 Å². The van der Waals surface area contributed by atoms with Gasteiger partial charge >= 0.3 is 0 Å². The Morgan fingerprint density at radius 1 is 0.409 bits per heavy atom. The fraction of sp³-hybridized carbons (Fsp3) is 0.346. The molecular weight excluding hydrogens is 849 g/mol. The molecule has 0 bridgehead atoms. The molecule has 4 aromatic carbocycles. The number of benzene rings is 4. The monoisotopic (exact) mass is 908 g/mol. The van der Waals surface area contributed by atoms with E-state index in [1.165, 1.54) is 0 Å². The van der Waals surface area contributed by atoms with E-state index in [-0.39, 0.29) is 105 Å². The number of ether oxygens (including phenoxy) is 6. The topological polar surface area (TPSA) is 217 Å². The third kappa shape index (κ3) is 15.4. The summed E-state index contributed by atoms with van der Waals surface area (Å²) in [6, 6.07) is 21.2. The second-order valence-electron chi connectivity index (χ2n) is 16.1. The van der Waals surface area contributed by atoms with Crippen LogP contribution < -0.4 is 18.9 Å². The molecule has 0 amide bonds. The molecule has 6 rings (SSSR count). The Balaban J connectivity index is 1.10. The zero-order valence-corrected chi connectivity index (χ0v) is 36.9. The highest BCUT2D eigenvalue weighted by molar-refractivity contribution is 5.39. The van der Waals surface area contributed by atoms with Crippen LogP contribution in [0, 0.1) is 5.92 Å². The maximum absolute atomic E-state index is 9.77. The van der Waals surface area contributed by atoms with Gasteiger partial charge in [-0.05, 0) is 134 Å². The summed E-state index contributed by atoms with van der Waals surface area (Å²) in [6.45, 7) is -0.0853. The van der Waals surface area contributed by atoms with E-state index in [4.69, 9.17) is 28.4 Å². The van der Waals surface area contributed by atoms with Gasteiger partial charge in [0.15, 0.2) is 0 Å². The maximum atomic E-state index is 9.77. The number of allylic oxidation sites excluding steroid dienone is 1. The molecule has 0 heterocycles. The molecule has 0 saturated carbocycles. The van der Waals surface area contributed by atoms with Crippen molar-refractivity contribution in [3.63, 3.8) is 0 Å². The van der Waals surface area contributed by atoms with Crippen molar-refractivity contribution in [3.8, 4) is 23.0 Å². The average molecular weight is 909 g/mol. The first-order valence-corrected chi connectivity index (χ1v) is 21.8. The first-order valence-electron chi connectivity index (χ1n) is 21.8. The molecule has 0 aliphatic heterocycles. The number of aliphatic hydroxyl groups excluding tert-OH is 8. The van der Waals surface area contributed by atoms with Crippen LogP contribution in [0.2, 0.25) is 0 Å². The molecule has 352 valence electrons. The quantitative estimate of drug-likeness (QED) is 0.0376. The highest BCUT2D eigenvalue weighted by Crippen LogP contribution is 2.28. The molecule has 2 aliphatic rings. The lowest BCUT2D eigenvalue weighted by Crippen LogP contribution is -2.20. The molecule has 8 N–H and O–H groups in total. The van der Waals surface area contributed by atoms with Gasteiger partial charge in [-0.25, -0.2) is 0 Å². The van der Waals surface area contributed by atoms with Crippen molar-refractivity contribution in [1.82, 2.24) is 0 Å². The summed E-state index contributed by atoms with van der Waals surface area (Å²) in [5.74, 6) is 2.61. The highest BCUT2D eigenvalue weighted by Gasteiger charge is 2.19. The smallest absolute Gasteiger partial charge is 0.120 e. The first-order chi connectivity index (χ1) is 32.2. The Kier molecular flexibility index (Phi) is 19.4. The standard InChI is InChI=1S/C52H60O14/c53-23-35-5-36(24-54)12-49(11-35)63-31-43-9-44(32-64-50-13-37(25-55)6-38(14-50)26-56)20-47(19-43)61-3-1-2-4-62-48-21-45(33-65-51-15-39(27-57)7-40(16-51)28-58)10-46(22-48)34-66-52-17-41(29-59)8-42(18-52)30-60/h1-2,5-17,19,21-22,42,47,53-60H,3-4,18,20,23-34H2/b2-1-. The molecule has 66 heavy (non-hydrogen) atoms. The summed E-state index contributed by atoms with van der Waals surface area (Å²) in [6.07, 6.45) is 12.1. The van der Waals surface area contributed by atoms with Gasteiger partial charge in [-0.3, -0.25) is 0 Å². The Bertz CT molecular complexity index is 2300. The molecular formula is C52H60O14. The minimum atomic E-state index is -0.326. The second-order valence-corrected chi connectivity index (χ2v) is 16.1. The molecule has 2 aliphatic carbocycles. The van der Waals surface area contributed by atoms with Gasteiger partial charge in [0.05, 0.1) is 64.7 Å². The van der Waals surface area contributed by atoms with Crippen molar-refractivity contribution in [3.05, 3.63) is 176 Å². The van der Waals surface area contributed by atoms with Crippen molar-refractivity contribution in [2.45, 2.75) is 71.8 Å². The Labute approximate surface area is 384 Å². The lowest BCUT2D eigenvalue weighted by Gasteiger charge is -2.23. The van der Waals surface area contributed by atoms with Gasteiger partial charge in [0.1, 0.15) is 56.0 Å². The lowest BCUT2D eigenvalue weighted by molar-refractivity contribution is 0.105. The van der Waals surface area contributed by atoms with Gasteiger partial charge in [-0.2, -0.15) is 0 Å². The maximum Gasteiger partial charge on any atom is 0.120 e. The van der Waals surface area contributed by atoms with E-state index in [1.807, 2.05) is 48.6 Å². The predicted molar refractivity (Wildman–Crippen MR) is 245 cm³/mol. The molecule has 0 aromatic heterocycles. The molecule has 14 heteroatoms. The average Bonchev–Trinajstić information content (AvgIpc) is 3.36. The van der Waals surface area contributed by atoms with Crippen LogP contribution in [0.3, 0.4) is 0 Å². The summed E-state index contributed by atoms with van der Waals surface area (Å²) >= 11 is 0. The fourth-order valence-electron chi connectivity index (χ4n) is 7.58. The molecule has 0 fully saturated rings. The van der Waals surface area contributed by atoms with Crippen LogP contribution in [-0.2, 0) is 62.3 Å². The van der Waals surface area contributed by atoms with Crippen molar-refractivity contribution in [2.75, 3.05) is 39.6 Å². The van der Waals surface area contributed by atoms with Crippen LogP contribution in [0.5, 0.6) is 23.0 Å². The summed E-state index contributed by atoms with van der Waals surface area (Å²) < 4.78 is 37.0. The normalized spacial score (nSPS) is 16.1. The van der Waals surface area contributed by atoms with E-state index in [9.17, 15) is 40.9 Å². The number of aliphatic hydroxyl groups is 8. The van der Waals surface area contributed by atoms with Gasteiger partial charge in [0.25, 0.3) is 0 Å². The van der Waals surface area contributed by atoms with Crippen LogP contribution in [0.25, 0.3) is 0 Å². The van der Waals surface area contributed by atoms with Crippen LogP contribution in [0.1, 0.15) is 57.3 Å². The van der Waals surface area contributed by atoms with E-state index >= 15 is 0 Å². The minimum absolute atomic E-state index is 0.0610.